The molecule has 4 nitrogen and oxygen atoms in total. The van der Waals surface area contributed by atoms with Crippen LogP contribution in [0.5, 0.6) is 0 Å². The number of rotatable bonds is 2. The molecule has 0 unspecified atom stereocenters. The van der Waals surface area contributed by atoms with Gasteiger partial charge in [-0.05, 0) is 31.6 Å². The van der Waals surface area contributed by atoms with Crippen molar-refractivity contribution in [2.24, 2.45) is 5.92 Å². The van der Waals surface area contributed by atoms with E-state index < -0.39 is 0 Å². The minimum Gasteiger partial charge on any atom is -0.370 e. The lowest BCUT2D eigenvalue weighted by Gasteiger charge is -2.10. The van der Waals surface area contributed by atoms with E-state index in [1.807, 2.05) is 0 Å². The predicted molar refractivity (Wildman–Crippen MR) is 54.6 cm³/mol. The van der Waals surface area contributed by atoms with Gasteiger partial charge in [0.1, 0.15) is 5.82 Å². The van der Waals surface area contributed by atoms with Gasteiger partial charge in [-0.2, -0.15) is 0 Å². The molecule has 14 heavy (non-hydrogen) atoms. The molecule has 2 aliphatic rings. The third kappa shape index (κ3) is 1.25. The molecule has 0 saturated heterocycles. The zero-order chi connectivity index (χ0) is 9.54. The van der Waals surface area contributed by atoms with Crippen LogP contribution in [0.3, 0.4) is 0 Å². The van der Waals surface area contributed by atoms with Gasteiger partial charge >= 0.3 is 0 Å². The first kappa shape index (κ1) is 8.15. The van der Waals surface area contributed by atoms with Crippen LogP contribution in [-0.2, 0) is 13.0 Å². The zero-order valence-corrected chi connectivity index (χ0v) is 8.18. The topological polar surface area (TPSA) is 49.8 Å². The number of fused-ring (bicyclic) bond motifs is 1. The number of anilines is 1. The van der Waals surface area contributed by atoms with E-state index in [1.165, 1.54) is 12.8 Å². The van der Waals surface area contributed by atoms with Gasteiger partial charge in [0, 0.05) is 13.1 Å². The molecule has 3 rings (SSSR count). The molecule has 76 valence electrons. The van der Waals surface area contributed by atoms with Crippen LogP contribution in [0.4, 0.5) is 5.82 Å². The Morgan fingerprint density at radius 1 is 1.43 bits per heavy atom. The normalized spacial score (nSPS) is 20.3. The lowest BCUT2D eigenvalue weighted by molar-refractivity contribution is 0.549. The molecule has 0 atom stereocenters. The molecule has 0 aromatic carbocycles. The maximum Gasteiger partial charge on any atom is 0.271 e. The van der Waals surface area contributed by atoms with Crippen molar-refractivity contribution in [1.29, 1.82) is 0 Å². The molecule has 1 aromatic rings. The molecular formula is C10H15N3O. The molecule has 4 heteroatoms. The second-order valence-corrected chi connectivity index (χ2v) is 4.35. The van der Waals surface area contributed by atoms with E-state index in [4.69, 9.17) is 0 Å². The predicted octanol–water partition coefficient (Wildman–Crippen LogP) is 0.944. The maximum absolute atomic E-state index is 11.9. The van der Waals surface area contributed by atoms with Crippen LogP contribution < -0.4 is 10.9 Å². The zero-order valence-electron chi connectivity index (χ0n) is 8.18. The SMILES string of the molecule is O=c1c2c([nH]n1CC1CC1)NCCC2. The Labute approximate surface area is 82.3 Å². The molecule has 1 aliphatic carbocycles. The van der Waals surface area contributed by atoms with Crippen LogP contribution >= 0.6 is 0 Å². The molecular weight excluding hydrogens is 178 g/mol. The summed E-state index contributed by atoms with van der Waals surface area (Å²) in [5.41, 5.74) is 1.15. The lowest BCUT2D eigenvalue weighted by atomic mass is 10.1. The number of nitrogens with zero attached hydrogens (tertiary/aromatic N) is 1. The van der Waals surface area contributed by atoms with Gasteiger partial charge < -0.3 is 5.32 Å². The summed E-state index contributed by atoms with van der Waals surface area (Å²) in [5, 5.41) is 6.41. The van der Waals surface area contributed by atoms with Crippen molar-refractivity contribution in [1.82, 2.24) is 9.78 Å². The highest BCUT2D eigenvalue weighted by Crippen LogP contribution is 2.30. The Balaban J connectivity index is 1.95. The lowest BCUT2D eigenvalue weighted by Crippen LogP contribution is -2.21. The Kier molecular flexibility index (Phi) is 1.69. The van der Waals surface area contributed by atoms with Crippen LogP contribution in [0.25, 0.3) is 0 Å². The Hall–Kier alpha value is -1.19. The quantitative estimate of drug-likeness (QED) is 0.734. The van der Waals surface area contributed by atoms with Crippen LogP contribution in [-0.4, -0.2) is 16.3 Å². The van der Waals surface area contributed by atoms with Crippen molar-refractivity contribution < 1.29 is 0 Å². The maximum atomic E-state index is 11.9. The molecule has 2 N–H and O–H groups in total. The van der Waals surface area contributed by atoms with E-state index >= 15 is 0 Å². The highest BCUT2D eigenvalue weighted by molar-refractivity contribution is 5.44. The van der Waals surface area contributed by atoms with Gasteiger partial charge in [0.15, 0.2) is 0 Å². The van der Waals surface area contributed by atoms with Crippen molar-refractivity contribution in [3.05, 3.63) is 15.9 Å². The standard InChI is InChI=1S/C10H15N3O/c14-10-8-2-1-5-11-9(8)12-13(10)6-7-3-4-7/h7,11-12H,1-6H2. The fourth-order valence-electron chi connectivity index (χ4n) is 2.07. The second-order valence-electron chi connectivity index (χ2n) is 4.35. The molecule has 0 bridgehead atoms. The smallest absolute Gasteiger partial charge is 0.271 e. The molecule has 1 saturated carbocycles. The van der Waals surface area contributed by atoms with Crippen LogP contribution in [0.1, 0.15) is 24.8 Å². The first-order valence-electron chi connectivity index (χ1n) is 5.40. The fourth-order valence-corrected chi connectivity index (χ4v) is 2.07. The fraction of sp³-hybridized carbons (Fsp3) is 0.700. The largest absolute Gasteiger partial charge is 0.370 e. The average molecular weight is 193 g/mol. The summed E-state index contributed by atoms with van der Waals surface area (Å²) in [4.78, 5) is 11.9. The van der Waals surface area contributed by atoms with E-state index in [-0.39, 0.29) is 5.56 Å². The second kappa shape index (κ2) is 2.90. The number of nitrogens with one attached hydrogen (secondary N) is 2. The van der Waals surface area contributed by atoms with Gasteiger partial charge in [-0.15, -0.1) is 0 Å². The van der Waals surface area contributed by atoms with Crippen molar-refractivity contribution in [2.45, 2.75) is 32.2 Å². The van der Waals surface area contributed by atoms with E-state index in [1.54, 1.807) is 4.68 Å². The first-order valence-corrected chi connectivity index (χ1v) is 5.40. The molecule has 1 aliphatic heterocycles. The number of aromatic nitrogens is 2. The summed E-state index contributed by atoms with van der Waals surface area (Å²) in [6.45, 7) is 1.86. The van der Waals surface area contributed by atoms with Crippen molar-refractivity contribution >= 4 is 5.82 Å². The van der Waals surface area contributed by atoms with Gasteiger partial charge in [-0.3, -0.25) is 14.6 Å². The van der Waals surface area contributed by atoms with E-state index in [2.05, 4.69) is 10.4 Å². The van der Waals surface area contributed by atoms with Gasteiger partial charge in [-0.25, -0.2) is 0 Å². The summed E-state index contributed by atoms with van der Waals surface area (Å²) < 4.78 is 1.78. The van der Waals surface area contributed by atoms with E-state index in [9.17, 15) is 4.79 Å². The Morgan fingerprint density at radius 2 is 2.29 bits per heavy atom. The van der Waals surface area contributed by atoms with Crippen LogP contribution in [0, 0.1) is 5.92 Å². The summed E-state index contributed by atoms with van der Waals surface area (Å²) in [6.07, 6.45) is 4.56. The number of aromatic amines is 1. The summed E-state index contributed by atoms with van der Waals surface area (Å²) >= 11 is 0. The van der Waals surface area contributed by atoms with E-state index in [0.717, 1.165) is 43.2 Å². The monoisotopic (exact) mass is 193 g/mol. The molecule has 2 heterocycles. The minimum atomic E-state index is 0.194. The van der Waals surface area contributed by atoms with Gasteiger partial charge in [0.05, 0.1) is 5.56 Å². The molecule has 0 spiro atoms. The first-order chi connectivity index (χ1) is 6.84. The van der Waals surface area contributed by atoms with Crippen molar-refractivity contribution in [3.8, 4) is 0 Å². The Morgan fingerprint density at radius 3 is 3.00 bits per heavy atom. The van der Waals surface area contributed by atoms with Gasteiger partial charge in [0.25, 0.3) is 5.56 Å². The minimum absolute atomic E-state index is 0.194. The molecule has 0 radical (unpaired) electrons. The third-order valence-corrected chi connectivity index (χ3v) is 3.09. The summed E-state index contributed by atoms with van der Waals surface area (Å²) in [7, 11) is 0. The van der Waals surface area contributed by atoms with Crippen LogP contribution in [0.15, 0.2) is 4.79 Å². The number of hydrogen-bond donors (Lipinski definition) is 2. The van der Waals surface area contributed by atoms with Crippen molar-refractivity contribution in [2.75, 3.05) is 11.9 Å². The summed E-state index contributed by atoms with van der Waals surface area (Å²) in [5.74, 6) is 1.70. The molecule has 1 fully saturated rings. The molecule has 1 aromatic heterocycles. The molecule has 0 amide bonds. The van der Waals surface area contributed by atoms with Crippen molar-refractivity contribution in [3.63, 3.8) is 0 Å². The average Bonchev–Trinajstić information content (AvgIpc) is 2.95. The highest BCUT2D eigenvalue weighted by atomic mass is 16.1. The number of hydrogen-bond acceptors (Lipinski definition) is 2. The van der Waals surface area contributed by atoms with Gasteiger partial charge in [-0.1, -0.05) is 0 Å². The third-order valence-electron chi connectivity index (χ3n) is 3.09. The number of H-pyrrole nitrogens is 1. The summed E-state index contributed by atoms with van der Waals surface area (Å²) in [6, 6.07) is 0. The van der Waals surface area contributed by atoms with Crippen LogP contribution in [0.2, 0.25) is 0 Å². The van der Waals surface area contributed by atoms with Gasteiger partial charge in [0.2, 0.25) is 0 Å². The van der Waals surface area contributed by atoms with E-state index in [0.29, 0.717) is 0 Å². The Bertz CT molecular complexity index is 400. The highest BCUT2D eigenvalue weighted by Gasteiger charge is 2.25.